The molecule has 2 heterocycles. The van der Waals surface area contributed by atoms with Crippen molar-refractivity contribution < 1.29 is 19.7 Å². The zero-order chi connectivity index (χ0) is 20.3. The summed E-state index contributed by atoms with van der Waals surface area (Å²) in [6, 6.07) is 3.28. The van der Waals surface area contributed by atoms with E-state index in [1.165, 1.54) is 6.92 Å². The molecule has 7 nitrogen and oxygen atoms in total. The fraction of sp³-hybridized carbons (Fsp3) is 0.619. The van der Waals surface area contributed by atoms with Crippen molar-refractivity contribution in [1.82, 2.24) is 10.2 Å². The molecule has 7 heteroatoms. The second kappa shape index (κ2) is 9.03. The van der Waals surface area contributed by atoms with Crippen molar-refractivity contribution >= 4 is 17.4 Å². The molecule has 2 saturated heterocycles. The minimum Gasteiger partial charge on any atom is -0.317 e. The van der Waals surface area contributed by atoms with E-state index in [0.29, 0.717) is 37.7 Å². The number of amides is 1. The zero-order valence-corrected chi connectivity index (χ0v) is 17.0. The summed E-state index contributed by atoms with van der Waals surface area (Å²) < 4.78 is 0. The van der Waals surface area contributed by atoms with Gasteiger partial charge in [-0.1, -0.05) is 13.8 Å². The van der Waals surface area contributed by atoms with Crippen LogP contribution < -0.4 is 15.1 Å². The normalized spacial score (nSPS) is 19.1. The summed E-state index contributed by atoms with van der Waals surface area (Å²) in [4.78, 5) is 33.7. The highest BCUT2D eigenvalue weighted by atomic mass is 17.1. The Kier molecular flexibility index (Phi) is 6.69. The van der Waals surface area contributed by atoms with Crippen LogP contribution in [0.4, 0.5) is 5.69 Å². The van der Waals surface area contributed by atoms with Gasteiger partial charge < -0.3 is 15.1 Å². The third-order valence-corrected chi connectivity index (χ3v) is 5.89. The van der Waals surface area contributed by atoms with Crippen LogP contribution in [0.25, 0.3) is 0 Å². The zero-order valence-electron chi connectivity index (χ0n) is 17.0. The molecule has 2 fully saturated rings. The molecule has 152 valence electrons. The molecule has 2 radical (unpaired) electrons. The summed E-state index contributed by atoms with van der Waals surface area (Å²) in [5, 5.41) is 14.5. The van der Waals surface area contributed by atoms with Crippen LogP contribution in [0, 0.1) is 6.07 Å². The van der Waals surface area contributed by atoms with Crippen molar-refractivity contribution in [2.45, 2.75) is 52.5 Å². The number of nitrogens with one attached hydrogen (secondary N) is 1. The largest absolute Gasteiger partial charge is 0.317 e. The van der Waals surface area contributed by atoms with Crippen molar-refractivity contribution in [3.63, 3.8) is 0 Å². The number of Topliss-reactive ketones (excluding diaryl/α,β-unsaturated/α-hetero) is 1. The molecule has 0 saturated carbocycles. The summed E-state index contributed by atoms with van der Waals surface area (Å²) in [5.74, 6) is -0.165. The van der Waals surface area contributed by atoms with Crippen LogP contribution in [0.3, 0.4) is 0 Å². The number of piperazine rings is 1. The van der Waals surface area contributed by atoms with E-state index in [9.17, 15) is 14.8 Å². The Labute approximate surface area is 166 Å². The molecule has 0 spiro atoms. The number of anilines is 1. The Morgan fingerprint density at radius 3 is 2.39 bits per heavy atom. The summed E-state index contributed by atoms with van der Waals surface area (Å²) in [6.07, 6.45) is 3.28. The number of rotatable bonds is 6. The van der Waals surface area contributed by atoms with Gasteiger partial charge in [-0.3, -0.25) is 14.5 Å². The molecule has 1 amide bonds. The van der Waals surface area contributed by atoms with Gasteiger partial charge in [-0.2, -0.15) is 0 Å². The first-order valence-corrected chi connectivity index (χ1v) is 10.2. The highest BCUT2D eigenvalue weighted by Gasteiger charge is 2.34. The van der Waals surface area contributed by atoms with E-state index in [1.54, 1.807) is 4.90 Å². The molecule has 0 bridgehead atoms. The van der Waals surface area contributed by atoms with Gasteiger partial charge in [0, 0.05) is 36.0 Å². The number of benzene rings is 1. The molecule has 0 atom stereocenters. The average Bonchev–Trinajstić information content (AvgIpc) is 2.72. The van der Waals surface area contributed by atoms with Crippen molar-refractivity contribution in [3.05, 3.63) is 22.8 Å². The first-order valence-electron chi connectivity index (χ1n) is 10.2. The summed E-state index contributed by atoms with van der Waals surface area (Å²) >= 11 is 0. The number of nitrogens with zero attached hydrogens (tertiary/aromatic N) is 2. The van der Waals surface area contributed by atoms with E-state index in [-0.39, 0.29) is 23.0 Å². The maximum absolute atomic E-state index is 13.1. The Hall–Kier alpha value is -1.96. The van der Waals surface area contributed by atoms with Gasteiger partial charge in [0.2, 0.25) is 5.91 Å². The van der Waals surface area contributed by atoms with Crippen molar-refractivity contribution in [3.8, 4) is 5.75 Å². The quantitative estimate of drug-likeness (QED) is 0.458. The molecule has 1 aromatic carbocycles. The Balaban J connectivity index is 1.96. The third kappa shape index (κ3) is 3.92. The van der Waals surface area contributed by atoms with E-state index in [4.69, 9.17) is 0 Å². The second-order valence-electron chi connectivity index (χ2n) is 7.48. The topological polar surface area (TPSA) is 81.8 Å². The van der Waals surface area contributed by atoms with Gasteiger partial charge in [0.05, 0.1) is 17.8 Å². The van der Waals surface area contributed by atoms with Crippen LogP contribution >= 0.6 is 0 Å². The number of piperidine rings is 1. The predicted octanol–water partition coefficient (Wildman–Crippen LogP) is 1.94. The lowest BCUT2D eigenvalue weighted by Gasteiger charge is -2.41. The van der Waals surface area contributed by atoms with Crippen molar-refractivity contribution in [2.24, 2.45) is 0 Å². The van der Waals surface area contributed by atoms with Crippen LogP contribution in [0.2, 0.25) is 0 Å². The highest BCUT2D eigenvalue weighted by Crippen LogP contribution is 2.37. The van der Waals surface area contributed by atoms with Gasteiger partial charge in [-0.25, -0.2) is 0 Å². The lowest BCUT2D eigenvalue weighted by atomic mass is 9.93. The summed E-state index contributed by atoms with van der Waals surface area (Å²) in [5.41, 5.74) is 2.44. The summed E-state index contributed by atoms with van der Waals surface area (Å²) in [7, 11) is 0. The number of hydrogen-bond donors (Lipinski definition) is 1. The number of carbonyl (C=O) groups is 2. The summed E-state index contributed by atoms with van der Waals surface area (Å²) in [6.45, 7) is 8.96. The van der Waals surface area contributed by atoms with Crippen LogP contribution in [0.1, 0.15) is 55.1 Å². The molecule has 1 aromatic rings. The lowest BCUT2D eigenvalue weighted by molar-refractivity contribution is -0.209. The molecule has 2 aliphatic heterocycles. The average molecular weight is 387 g/mol. The van der Waals surface area contributed by atoms with Gasteiger partial charge >= 0.3 is 0 Å². The second-order valence-corrected chi connectivity index (χ2v) is 7.48. The van der Waals surface area contributed by atoms with Gasteiger partial charge in [-0.15, -0.1) is 0 Å². The molecular formula is C21H29N3O4. The molecule has 2 aliphatic rings. The minimum atomic E-state index is -0.223. The fourth-order valence-corrected chi connectivity index (χ4v) is 4.47. The molecule has 0 aliphatic carbocycles. The molecule has 0 aromatic heterocycles. The maximum atomic E-state index is 13.1. The Morgan fingerprint density at radius 1 is 1.18 bits per heavy atom. The van der Waals surface area contributed by atoms with Crippen LogP contribution in [0.15, 0.2) is 0 Å². The van der Waals surface area contributed by atoms with E-state index in [2.05, 4.69) is 21.2 Å². The predicted molar refractivity (Wildman–Crippen MR) is 105 cm³/mol. The SMILES string of the molecule is CCc1c(O[O])[c]c(C(C)=O)c(N2CCN(C3CCNCC3)CC2=O)c1CC. The van der Waals surface area contributed by atoms with Crippen LogP contribution in [0.5, 0.6) is 5.75 Å². The maximum Gasteiger partial charge on any atom is 0.241 e. The lowest BCUT2D eigenvalue weighted by Crippen LogP contribution is -2.56. The van der Waals surface area contributed by atoms with Crippen molar-refractivity contribution in [2.75, 3.05) is 37.6 Å². The Morgan fingerprint density at radius 2 is 1.86 bits per heavy atom. The molecule has 0 unspecified atom stereocenters. The number of carbonyl (C=O) groups excluding carboxylic acids is 2. The van der Waals surface area contributed by atoms with E-state index >= 15 is 0 Å². The van der Waals surface area contributed by atoms with E-state index < -0.39 is 0 Å². The monoisotopic (exact) mass is 387 g/mol. The van der Waals surface area contributed by atoms with Crippen LogP contribution in [-0.2, 0) is 22.9 Å². The fourth-order valence-electron chi connectivity index (χ4n) is 4.47. The molecule has 3 rings (SSSR count). The first kappa shape index (κ1) is 20.8. The van der Waals surface area contributed by atoms with Gasteiger partial charge in [0.1, 0.15) is 0 Å². The molecular weight excluding hydrogens is 358 g/mol. The number of hydrogen-bond acceptors (Lipinski definition) is 5. The highest BCUT2D eigenvalue weighted by molar-refractivity contribution is 6.07. The standard InChI is InChI=1S/C21H29N3O4/c1-4-16-17(5-2)21(18(14(3)25)12-19(16)28-27)24-11-10-23(13-20(24)26)15-6-8-22-9-7-15/h15,22H,4-11,13H2,1-3H3. The minimum absolute atomic E-state index is 0.00627. The van der Waals surface area contributed by atoms with E-state index in [1.807, 2.05) is 13.8 Å². The van der Waals surface area contributed by atoms with Crippen molar-refractivity contribution in [1.29, 1.82) is 0 Å². The van der Waals surface area contributed by atoms with Gasteiger partial charge in [0.15, 0.2) is 11.5 Å². The van der Waals surface area contributed by atoms with Crippen LogP contribution in [-0.4, -0.2) is 55.4 Å². The number of ketones is 1. The first-order chi connectivity index (χ1) is 13.5. The van der Waals surface area contributed by atoms with E-state index in [0.717, 1.165) is 43.6 Å². The molecule has 1 N–H and O–H groups in total. The third-order valence-electron chi connectivity index (χ3n) is 5.89. The Bertz CT molecular complexity index is 744. The molecule has 28 heavy (non-hydrogen) atoms. The smallest absolute Gasteiger partial charge is 0.241 e. The van der Waals surface area contributed by atoms with Gasteiger partial charge in [-0.05, 0) is 51.3 Å². The van der Waals surface area contributed by atoms with Gasteiger partial charge in [0.25, 0.3) is 0 Å².